The van der Waals surface area contributed by atoms with Crippen LogP contribution in [0.2, 0.25) is 0 Å². The van der Waals surface area contributed by atoms with Crippen molar-refractivity contribution in [2.24, 2.45) is 5.92 Å². The highest BCUT2D eigenvalue weighted by molar-refractivity contribution is 5.94. The third kappa shape index (κ3) is 18.0. The number of Topliss-reactive ketones (excluding diaryl/α,β-unsaturated/α-hetero) is 1. The van der Waals surface area contributed by atoms with E-state index in [2.05, 4.69) is 18.2 Å². The van der Waals surface area contributed by atoms with E-state index in [4.69, 9.17) is 4.74 Å². The fourth-order valence-corrected chi connectivity index (χ4v) is 0.919. The molecule has 2 aliphatic heterocycles. The number of ether oxygens (including phenoxy) is 2. The molecule has 6 nitrogen and oxygen atoms in total. The van der Waals surface area contributed by atoms with Gasteiger partial charge in [-0.05, 0) is 46.3 Å². The summed E-state index contributed by atoms with van der Waals surface area (Å²) in [6.45, 7) is 14.7. The largest absolute Gasteiger partial charge is 0.393 e. The Kier molecular flexibility index (Phi) is 13.5. The number of carbonyl (C=O) groups excluding carboxylic acids is 4. The number of ketones is 2. The first-order chi connectivity index (χ1) is 11.0. The third-order valence-electron chi connectivity index (χ3n) is 2.59. The molecular weight excluding hydrogens is 312 g/mol. The number of rotatable bonds is 2. The number of hydrogen-bond donors (Lipinski definition) is 0. The lowest BCUT2D eigenvalue weighted by Gasteiger charge is -1.86. The molecule has 2 atom stereocenters. The van der Waals surface area contributed by atoms with Crippen LogP contribution in [-0.2, 0) is 28.7 Å². The van der Waals surface area contributed by atoms with E-state index >= 15 is 0 Å². The molecule has 0 radical (unpaired) electrons. The Morgan fingerprint density at radius 2 is 1.58 bits per heavy atom. The minimum Gasteiger partial charge on any atom is -0.393 e. The summed E-state index contributed by atoms with van der Waals surface area (Å²) in [6.07, 6.45) is 4.08. The van der Waals surface area contributed by atoms with E-state index in [1.807, 2.05) is 6.92 Å². The zero-order valence-electron chi connectivity index (χ0n) is 15.4. The van der Waals surface area contributed by atoms with Gasteiger partial charge in [-0.3, -0.25) is 19.2 Å². The Morgan fingerprint density at radius 3 is 1.62 bits per heavy atom. The van der Waals surface area contributed by atoms with Crippen molar-refractivity contribution in [2.75, 3.05) is 6.61 Å². The van der Waals surface area contributed by atoms with Gasteiger partial charge in [-0.15, -0.1) is 0 Å². The van der Waals surface area contributed by atoms with Crippen molar-refractivity contribution in [1.29, 1.82) is 0 Å². The second-order valence-corrected chi connectivity index (χ2v) is 5.49. The minimum atomic E-state index is -0.400. The Labute approximate surface area is 143 Å². The van der Waals surface area contributed by atoms with Gasteiger partial charge in [0.2, 0.25) is 0 Å². The molecule has 0 bridgehead atoms. The van der Waals surface area contributed by atoms with Crippen molar-refractivity contribution in [3.63, 3.8) is 0 Å². The van der Waals surface area contributed by atoms with Gasteiger partial charge in [-0.1, -0.05) is 19.6 Å². The summed E-state index contributed by atoms with van der Waals surface area (Å²) in [6, 6.07) is 0. The maximum absolute atomic E-state index is 10.3. The fourth-order valence-electron chi connectivity index (χ4n) is 0.919. The van der Waals surface area contributed by atoms with Crippen LogP contribution < -0.4 is 0 Å². The van der Waals surface area contributed by atoms with Gasteiger partial charge >= 0.3 is 11.9 Å². The van der Waals surface area contributed by atoms with Crippen LogP contribution >= 0.6 is 0 Å². The van der Waals surface area contributed by atoms with Gasteiger partial charge in [0.05, 0.1) is 25.0 Å². The monoisotopic (exact) mass is 340 g/mol. The normalized spacial score (nSPS) is 20.4. The second-order valence-electron chi connectivity index (χ2n) is 5.49. The number of carbonyl (C=O) groups is 4. The molecule has 2 fully saturated rings. The van der Waals surface area contributed by atoms with Gasteiger partial charge in [0.25, 0.3) is 0 Å². The molecule has 2 heterocycles. The van der Waals surface area contributed by atoms with E-state index in [-0.39, 0.29) is 23.9 Å². The maximum Gasteiger partial charge on any atom is 0.316 e. The van der Waals surface area contributed by atoms with Gasteiger partial charge in [0, 0.05) is 0 Å². The molecule has 2 aliphatic rings. The van der Waals surface area contributed by atoms with Crippen molar-refractivity contribution in [3.05, 3.63) is 24.3 Å². The maximum atomic E-state index is 10.3. The van der Waals surface area contributed by atoms with E-state index in [0.29, 0.717) is 11.7 Å². The number of hydrogen-bond acceptors (Lipinski definition) is 6. The van der Waals surface area contributed by atoms with Gasteiger partial charge in [-0.25, -0.2) is 0 Å². The van der Waals surface area contributed by atoms with Crippen LogP contribution in [0.3, 0.4) is 0 Å². The quantitative estimate of drug-likeness (QED) is 0.332. The molecule has 0 amide bonds. The smallest absolute Gasteiger partial charge is 0.316 e. The first kappa shape index (κ1) is 24.2. The molecule has 0 aromatic carbocycles. The van der Waals surface area contributed by atoms with Gasteiger partial charge in [0.15, 0.2) is 11.6 Å². The van der Waals surface area contributed by atoms with Crippen molar-refractivity contribution >= 4 is 23.5 Å². The average Bonchev–Trinajstić information content (AvgIpc) is 3.16. The molecule has 0 aliphatic carbocycles. The van der Waals surface area contributed by atoms with Crippen LogP contribution in [0.5, 0.6) is 0 Å². The molecule has 2 rings (SSSR count). The lowest BCUT2D eigenvalue weighted by Crippen LogP contribution is -2.01. The summed E-state index contributed by atoms with van der Waals surface area (Å²) < 4.78 is 8.90. The molecule has 0 saturated carbocycles. The predicted octanol–water partition coefficient (Wildman–Crippen LogP) is 2.80. The van der Waals surface area contributed by atoms with E-state index in [0.717, 1.165) is 6.61 Å². The van der Waals surface area contributed by atoms with Gasteiger partial charge in [0.1, 0.15) is 0 Å². The average molecular weight is 340 g/mol. The predicted molar refractivity (Wildman–Crippen MR) is 91.3 cm³/mol. The summed E-state index contributed by atoms with van der Waals surface area (Å²) in [5, 5.41) is 0. The zero-order chi connectivity index (χ0) is 19.3. The van der Waals surface area contributed by atoms with Crippen LogP contribution in [0, 0.1) is 5.92 Å². The highest BCUT2D eigenvalue weighted by Gasteiger charge is 2.28. The van der Waals surface area contributed by atoms with E-state index in [9.17, 15) is 19.2 Å². The second kappa shape index (κ2) is 13.4. The lowest BCUT2D eigenvalue weighted by molar-refractivity contribution is -0.153. The summed E-state index contributed by atoms with van der Waals surface area (Å²) >= 11 is 0. The molecule has 0 aromatic rings. The summed E-state index contributed by atoms with van der Waals surface area (Å²) in [4.78, 5) is 40.6. The molecule has 0 aromatic heterocycles. The number of cyclic esters (lactones) is 2. The highest BCUT2D eigenvalue weighted by atomic mass is 16.6. The van der Waals surface area contributed by atoms with Crippen LogP contribution in [0.4, 0.5) is 0 Å². The molecule has 0 N–H and O–H groups in total. The van der Waals surface area contributed by atoms with Gasteiger partial charge < -0.3 is 9.47 Å². The Balaban J connectivity index is 0. The van der Waals surface area contributed by atoms with E-state index < -0.39 is 11.9 Å². The van der Waals surface area contributed by atoms with Crippen LogP contribution in [0.1, 0.15) is 48.0 Å². The summed E-state index contributed by atoms with van der Waals surface area (Å²) in [5.74, 6) is -0.840. The molecular formula is C18H28O6. The highest BCUT2D eigenvalue weighted by Crippen LogP contribution is 2.13. The van der Waals surface area contributed by atoms with Crippen molar-refractivity contribution < 1.29 is 28.7 Å². The van der Waals surface area contributed by atoms with E-state index in [1.165, 1.54) is 19.9 Å². The minimum absolute atomic E-state index is 0.0648. The topological polar surface area (TPSA) is 90.0 Å². The molecule has 6 heteroatoms. The first-order valence-corrected chi connectivity index (χ1v) is 7.67. The molecule has 0 spiro atoms. The van der Waals surface area contributed by atoms with Crippen LogP contribution in [-0.4, -0.2) is 36.2 Å². The van der Waals surface area contributed by atoms with E-state index in [1.54, 1.807) is 19.9 Å². The molecule has 2 saturated heterocycles. The number of allylic oxidation sites excluding steroid dienone is 3. The van der Waals surface area contributed by atoms with Crippen LogP contribution in [0.15, 0.2) is 24.3 Å². The van der Waals surface area contributed by atoms with Crippen molar-refractivity contribution in [1.82, 2.24) is 0 Å². The number of epoxide rings is 1. The Morgan fingerprint density at radius 1 is 1.17 bits per heavy atom. The van der Waals surface area contributed by atoms with Gasteiger partial charge in [-0.2, -0.15) is 0 Å². The van der Waals surface area contributed by atoms with Crippen molar-refractivity contribution in [2.45, 2.75) is 54.1 Å². The third-order valence-corrected chi connectivity index (χ3v) is 2.59. The molecule has 136 valence electrons. The molecule has 2 unspecified atom stereocenters. The SMILES string of the molecule is C=C(C)C(C)=O.CC1CC(=O)OC1=O.CC1CO1.CC=CC(C)=O. The Hall–Kier alpha value is -2.08. The summed E-state index contributed by atoms with van der Waals surface area (Å²) in [5.41, 5.74) is 0.620. The van der Waals surface area contributed by atoms with Crippen molar-refractivity contribution in [3.8, 4) is 0 Å². The fraction of sp³-hybridized carbons (Fsp3) is 0.556. The summed E-state index contributed by atoms with van der Waals surface area (Å²) in [7, 11) is 0. The first-order valence-electron chi connectivity index (χ1n) is 7.67. The number of esters is 2. The zero-order valence-corrected chi connectivity index (χ0v) is 15.4. The standard InChI is InChI=1S/C5H6O3.2C5H8O.C3H6O/c1-3-2-4(6)8-5(3)7;1-4(2)5(3)6;1-3-4-5(2)6;1-3-2-4-3/h3H,2H2,1H3;1H2,2-3H3;3-4H,1-2H3;3H,2H2,1H3. The lowest BCUT2D eigenvalue weighted by atomic mass is 10.1. The molecule has 24 heavy (non-hydrogen) atoms. The van der Waals surface area contributed by atoms with Crippen LogP contribution in [0.25, 0.3) is 0 Å². The Bertz CT molecular complexity index is 474.